The summed E-state index contributed by atoms with van der Waals surface area (Å²) in [6.45, 7) is 6.59. The molecule has 12 heavy (non-hydrogen) atoms. The second-order valence-corrected chi connectivity index (χ2v) is 1.76. The second-order valence-electron chi connectivity index (χ2n) is 1.76. The maximum atomic E-state index is 10.6. The Balaban J connectivity index is 3.98. The Hall–Kier alpha value is -1.84. The zero-order valence-electron chi connectivity index (χ0n) is 6.32. The number of carbonyl (C=O) groups excluding carboxylic acids is 1. The Morgan fingerprint density at radius 2 is 1.92 bits per heavy atom. The van der Waals surface area contributed by atoms with Crippen molar-refractivity contribution in [2.24, 2.45) is 0 Å². The van der Waals surface area contributed by atoms with Crippen molar-refractivity contribution in [3.05, 3.63) is 37.1 Å². The van der Waals surface area contributed by atoms with Crippen LogP contribution in [-0.2, 0) is 14.3 Å². The molecule has 0 saturated heterocycles. The van der Waals surface area contributed by atoms with Crippen molar-refractivity contribution in [3.63, 3.8) is 0 Å². The summed E-state index contributed by atoms with van der Waals surface area (Å²) in [6, 6.07) is 0. The minimum Gasteiger partial charge on any atom is -0.478 e. The standard InChI is InChI=1S/C8H8O4/c1-3-6(2)12-8(11)5-4-7(9)10/h3-5H,1-2H2,(H,9,10). The highest BCUT2D eigenvalue weighted by atomic mass is 16.5. The van der Waals surface area contributed by atoms with Gasteiger partial charge in [0, 0.05) is 12.2 Å². The number of aliphatic carboxylic acids is 1. The fourth-order valence-corrected chi connectivity index (χ4v) is 0.344. The smallest absolute Gasteiger partial charge is 0.336 e. The summed E-state index contributed by atoms with van der Waals surface area (Å²) in [4.78, 5) is 20.6. The molecule has 0 aliphatic heterocycles. The first-order valence-electron chi connectivity index (χ1n) is 3.00. The van der Waals surface area contributed by atoms with Gasteiger partial charge in [-0.15, -0.1) is 0 Å². The van der Waals surface area contributed by atoms with Crippen molar-refractivity contribution >= 4 is 11.9 Å². The molecule has 0 bridgehead atoms. The SMILES string of the molecule is C=CC(=C)OC(=O)C=CC(=O)O. The number of esters is 1. The molecule has 0 unspecified atom stereocenters. The lowest BCUT2D eigenvalue weighted by molar-refractivity contribution is -0.135. The third-order valence-electron chi connectivity index (χ3n) is 0.821. The number of ether oxygens (including phenoxy) is 1. The third-order valence-corrected chi connectivity index (χ3v) is 0.821. The molecule has 0 rings (SSSR count). The average molecular weight is 168 g/mol. The molecule has 0 aromatic rings. The van der Waals surface area contributed by atoms with Gasteiger partial charge < -0.3 is 9.84 Å². The van der Waals surface area contributed by atoms with Gasteiger partial charge in [0.05, 0.1) is 0 Å². The molecule has 4 heteroatoms. The summed E-state index contributed by atoms with van der Waals surface area (Å²) in [5.41, 5.74) is 0. The number of rotatable bonds is 4. The highest BCUT2D eigenvalue weighted by molar-refractivity contribution is 5.91. The van der Waals surface area contributed by atoms with Gasteiger partial charge in [-0.05, 0) is 6.08 Å². The first-order chi connectivity index (χ1) is 5.56. The van der Waals surface area contributed by atoms with E-state index < -0.39 is 11.9 Å². The Labute approximate surface area is 69.5 Å². The molecule has 1 N–H and O–H groups in total. The van der Waals surface area contributed by atoms with Crippen LogP contribution in [0.3, 0.4) is 0 Å². The molecule has 0 radical (unpaired) electrons. The van der Waals surface area contributed by atoms with E-state index in [2.05, 4.69) is 17.9 Å². The normalized spacial score (nSPS) is 9.33. The van der Waals surface area contributed by atoms with Crippen molar-refractivity contribution in [3.8, 4) is 0 Å². The van der Waals surface area contributed by atoms with Gasteiger partial charge in [0.15, 0.2) is 0 Å². The van der Waals surface area contributed by atoms with Crippen molar-refractivity contribution in [2.45, 2.75) is 0 Å². The molecule has 0 fully saturated rings. The lowest BCUT2D eigenvalue weighted by Crippen LogP contribution is -1.99. The number of carboxylic acids is 1. The summed E-state index contributed by atoms with van der Waals surface area (Å²) >= 11 is 0. The Kier molecular flexibility index (Phi) is 4.15. The van der Waals surface area contributed by atoms with Crippen molar-refractivity contribution < 1.29 is 19.4 Å². The lowest BCUT2D eigenvalue weighted by atomic mass is 10.5. The van der Waals surface area contributed by atoms with E-state index in [1.807, 2.05) is 0 Å². The van der Waals surface area contributed by atoms with Crippen LogP contribution in [0.15, 0.2) is 37.1 Å². The molecular weight excluding hydrogens is 160 g/mol. The lowest BCUT2D eigenvalue weighted by Gasteiger charge is -1.96. The minimum atomic E-state index is -1.21. The van der Waals surface area contributed by atoms with Crippen LogP contribution in [0.5, 0.6) is 0 Å². The Morgan fingerprint density at radius 1 is 1.33 bits per heavy atom. The van der Waals surface area contributed by atoms with Gasteiger partial charge in [0.25, 0.3) is 0 Å². The number of hydrogen-bond donors (Lipinski definition) is 1. The first kappa shape index (κ1) is 10.2. The van der Waals surface area contributed by atoms with E-state index >= 15 is 0 Å². The topological polar surface area (TPSA) is 63.6 Å². The van der Waals surface area contributed by atoms with Crippen molar-refractivity contribution in [1.29, 1.82) is 0 Å². The van der Waals surface area contributed by atoms with E-state index in [4.69, 9.17) is 5.11 Å². The number of allylic oxidation sites excluding steroid dienone is 1. The molecule has 0 heterocycles. The fourth-order valence-electron chi connectivity index (χ4n) is 0.344. The van der Waals surface area contributed by atoms with Crippen LogP contribution in [0.1, 0.15) is 0 Å². The van der Waals surface area contributed by atoms with Crippen LogP contribution < -0.4 is 0 Å². The molecule has 0 aliphatic carbocycles. The Morgan fingerprint density at radius 3 is 2.33 bits per heavy atom. The highest BCUT2D eigenvalue weighted by Crippen LogP contribution is 1.94. The largest absolute Gasteiger partial charge is 0.478 e. The molecule has 0 saturated carbocycles. The van der Waals surface area contributed by atoms with E-state index in [0.717, 1.165) is 6.08 Å². The van der Waals surface area contributed by atoms with Crippen LogP contribution >= 0.6 is 0 Å². The molecule has 0 aromatic heterocycles. The summed E-state index contributed by atoms with van der Waals surface area (Å²) in [5, 5.41) is 8.12. The van der Waals surface area contributed by atoms with Gasteiger partial charge in [-0.1, -0.05) is 13.2 Å². The number of hydrogen-bond acceptors (Lipinski definition) is 3. The predicted molar refractivity (Wildman–Crippen MR) is 42.2 cm³/mol. The van der Waals surface area contributed by atoms with E-state index in [9.17, 15) is 9.59 Å². The quantitative estimate of drug-likeness (QED) is 0.293. The monoisotopic (exact) mass is 168 g/mol. The van der Waals surface area contributed by atoms with Crippen LogP contribution in [0, 0.1) is 0 Å². The summed E-state index contributed by atoms with van der Waals surface area (Å²) in [7, 11) is 0. The van der Waals surface area contributed by atoms with Crippen LogP contribution in [0.2, 0.25) is 0 Å². The highest BCUT2D eigenvalue weighted by Gasteiger charge is 1.98. The maximum Gasteiger partial charge on any atom is 0.336 e. The van der Waals surface area contributed by atoms with Crippen molar-refractivity contribution in [2.75, 3.05) is 0 Å². The molecule has 0 amide bonds. The number of carbonyl (C=O) groups is 2. The third kappa shape index (κ3) is 4.99. The molecular formula is C8H8O4. The first-order valence-corrected chi connectivity index (χ1v) is 3.00. The zero-order chi connectivity index (χ0) is 9.56. The summed E-state index contributed by atoms with van der Waals surface area (Å²) in [5.74, 6) is -1.92. The van der Waals surface area contributed by atoms with Gasteiger partial charge >= 0.3 is 11.9 Å². The zero-order valence-corrected chi connectivity index (χ0v) is 6.32. The van der Waals surface area contributed by atoms with E-state index in [1.54, 1.807) is 0 Å². The van der Waals surface area contributed by atoms with Crippen LogP contribution in [-0.4, -0.2) is 17.0 Å². The number of carboxylic acid groups (broad SMARTS) is 1. The maximum absolute atomic E-state index is 10.6. The second kappa shape index (κ2) is 4.90. The van der Waals surface area contributed by atoms with E-state index in [0.29, 0.717) is 6.08 Å². The van der Waals surface area contributed by atoms with E-state index in [-0.39, 0.29) is 5.76 Å². The molecule has 4 nitrogen and oxygen atoms in total. The minimum absolute atomic E-state index is 0.0787. The Bertz CT molecular complexity index is 250. The van der Waals surface area contributed by atoms with Gasteiger partial charge in [-0.25, -0.2) is 9.59 Å². The van der Waals surface area contributed by atoms with Gasteiger partial charge in [-0.3, -0.25) is 0 Å². The van der Waals surface area contributed by atoms with Gasteiger partial charge in [0.1, 0.15) is 5.76 Å². The summed E-state index contributed by atoms with van der Waals surface area (Å²) in [6.07, 6.45) is 2.71. The molecule has 0 atom stereocenters. The van der Waals surface area contributed by atoms with Gasteiger partial charge in [-0.2, -0.15) is 0 Å². The summed E-state index contributed by atoms with van der Waals surface area (Å²) < 4.78 is 4.45. The molecule has 64 valence electrons. The predicted octanol–water partition coefficient (Wildman–Crippen LogP) is 0.870. The molecule has 0 aromatic carbocycles. The van der Waals surface area contributed by atoms with E-state index in [1.165, 1.54) is 6.08 Å². The molecule has 0 spiro atoms. The van der Waals surface area contributed by atoms with Crippen molar-refractivity contribution in [1.82, 2.24) is 0 Å². The van der Waals surface area contributed by atoms with Crippen LogP contribution in [0.4, 0.5) is 0 Å². The van der Waals surface area contributed by atoms with Crippen LogP contribution in [0.25, 0.3) is 0 Å². The van der Waals surface area contributed by atoms with Gasteiger partial charge in [0.2, 0.25) is 0 Å². The molecule has 0 aliphatic rings. The average Bonchev–Trinajstić information content (AvgIpc) is 2.00. The fraction of sp³-hybridized carbons (Fsp3) is 0.